The largest absolute Gasteiger partial charge is 0.336 e. The second-order valence-electron chi connectivity index (χ2n) is 4.77. The third-order valence-electron chi connectivity index (χ3n) is 3.20. The summed E-state index contributed by atoms with van der Waals surface area (Å²) in [6.07, 6.45) is 3.76. The van der Waals surface area contributed by atoms with Gasteiger partial charge < -0.3 is 0 Å². The van der Waals surface area contributed by atoms with Gasteiger partial charge in [0.15, 0.2) is 0 Å². The number of nitrogens with zero attached hydrogens (tertiary/aromatic N) is 3. The van der Waals surface area contributed by atoms with Crippen molar-refractivity contribution in [3.63, 3.8) is 0 Å². The molecule has 0 saturated heterocycles. The van der Waals surface area contributed by atoms with Gasteiger partial charge in [0, 0.05) is 6.54 Å². The third-order valence-corrected chi connectivity index (χ3v) is 3.20. The summed E-state index contributed by atoms with van der Waals surface area (Å²) in [5, 5.41) is 0. The molecule has 0 saturated carbocycles. The van der Waals surface area contributed by atoms with Crippen LogP contribution >= 0.6 is 0 Å². The maximum atomic E-state index is 12.2. The Morgan fingerprint density at radius 2 is 1.35 bits per heavy atom. The first-order chi connectivity index (χ1) is 9.47. The van der Waals surface area contributed by atoms with Crippen LogP contribution in [0.5, 0.6) is 0 Å². The van der Waals surface area contributed by atoms with Crippen LogP contribution < -0.4 is 17.1 Å². The van der Waals surface area contributed by atoms with Crippen LogP contribution in [0.25, 0.3) is 0 Å². The van der Waals surface area contributed by atoms with E-state index in [1.165, 1.54) is 12.2 Å². The molecule has 110 valence electrons. The van der Waals surface area contributed by atoms with Crippen molar-refractivity contribution in [1.82, 2.24) is 13.7 Å². The van der Waals surface area contributed by atoms with Crippen molar-refractivity contribution in [2.24, 2.45) is 5.92 Å². The molecule has 1 heterocycles. The fourth-order valence-corrected chi connectivity index (χ4v) is 1.85. The SMILES string of the molecule is C=CCn1c(=O)n(CC=C)c(=O)n(CC(C)CC)c1=O. The summed E-state index contributed by atoms with van der Waals surface area (Å²) in [5.74, 6) is 0.173. The van der Waals surface area contributed by atoms with Crippen molar-refractivity contribution < 1.29 is 0 Å². The molecule has 0 bridgehead atoms. The molecule has 6 nitrogen and oxygen atoms in total. The van der Waals surface area contributed by atoms with Crippen LogP contribution in [0.2, 0.25) is 0 Å². The lowest BCUT2D eigenvalue weighted by Gasteiger charge is -2.14. The van der Waals surface area contributed by atoms with Crippen LogP contribution in [0.1, 0.15) is 20.3 Å². The summed E-state index contributed by atoms with van der Waals surface area (Å²) in [4.78, 5) is 36.6. The van der Waals surface area contributed by atoms with E-state index in [9.17, 15) is 14.4 Å². The molecule has 20 heavy (non-hydrogen) atoms. The number of hydrogen-bond acceptors (Lipinski definition) is 3. The van der Waals surface area contributed by atoms with Gasteiger partial charge in [-0.2, -0.15) is 0 Å². The Morgan fingerprint density at radius 1 is 0.950 bits per heavy atom. The molecule has 1 atom stereocenters. The van der Waals surface area contributed by atoms with Gasteiger partial charge in [-0.3, -0.25) is 0 Å². The molecule has 0 amide bonds. The van der Waals surface area contributed by atoms with E-state index in [1.54, 1.807) is 0 Å². The molecule has 1 rings (SSSR count). The van der Waals surface area contributed by atoms with Crippen LogP contribution in [0.15, 0.2) is 39.7 Å². The number of allylic oxidation sites excluding steroid dienone is 2. The molecule has 1 unspecified atom stereocenters. The van der Waals surface area contributed by atoms with E-state index in [2.05, 4.69) is 13.2 Å². The quantitative estimate of drug-likeness (QED) is 0.686. The second kappa shape index (κ2) is 6.88. The summed E-state index contributed by atoms with van der Waals surface area (Å²) >= 11 is 0. The number of hydrogen-bond donors (Lipinski definition) is 0. The first-order valence-corrected chi connectivity index (χ1v) is 6.64. The van der Waals surface area contributed by atoms with E-state index in [-0.39, 0.29) is 19.0 Å². The van der Waals surface area contributed by atoms with E-state index in [1.807, 2.05) is 13.8 Å². The first kappa shape index (κ1) is 15.9. The molecule has 0 N–H and O–H groups in total. The van der Waals surface area contributed by atoms with Gasteiger partial charge in [0.05, 0.1) is 13.1 Å². The minimum atomic E-state index is -0.625. The number of rotatable bonds is 7. The van der Waals surface area contributed by atoms with Gasteiger partial charge in [0.2, 0.25) is 0 Å². The monoisotopic (exact) mass is 279 g/mol. The fraction of sp³-hybridized carbons (Fsp3) is 0.500. The van der Waals surface area contributed by atoms with Crippen molar-refractivity contribution in [2.45, 2.75) is 39.9 Å². The highest BCUT2D eigenvalue weighted by atomic mass is 16.2. The minimum Gasteiger partial charge on any atom is -0.247 e. The smallest absolute Gasteiger partial charge is 0.247 e. The van der Waals surface area contributed by atoms with Gasteiger partial charge in [-0.1, -0.05) is 32.4 Å². The summed E-state index contributed by atoms with van der Waals surface area (Å²) in [6.45, 7) is 11.4. The maximum Gasteiger partial charge on any atom is 0.336 e. The predicted octanol–water partition coefficient (Wildman–Crippen LogP) is 0.590. The van der Waals surface area contributed by atoms with Crippen molar-refractivity contribution in [1.29, 1.82) is 0 Å². The van der Waals surface area contributed by atoms with Crippen LogP contribution in [-0.4, -0.2) is 13.7 Å². The van der Waals surface area contributed by atoms with Gasteiger partial charge in [0.25, 0.3) is 0 Å². The maximum absolute atomic E-state index is 12.2. The number of aromatic nitrogens is 3. The molecule has 0 aliphatic carbocycles. The van der Waals surface area contributed by atoms with Crippen molar-refractivity contribution in [3.05, 3.63) is 56.8 Å². The minimum absolute atomic E-state index is 0.0790. The predicted molar refractivity (Wildman–Crippen MR) is 79.1 cm³/mol. The average Bonchev–Trinajstić information content (AvgIpc) is 2.44. The summed E-state index contributed by atoms with van der Waals surface area (Å²) in [7, 11) is 0. The topological polar surface area (TPSA) is 66.0 Å². The van der Waals surface area contributed by atoms with Crippen molar-refractivity contribution in [2.75, 3.05) is 0 Å². The van der Waals surface area contributed by atoms with Crippen LogP contribution in [0.3, 0.4) is 0 Å². The zero-order valence-electron chi connectivity index (χ0n) is 12.0. The molecular weight excluding hydrogens is 258 g/mol. The lowest BCUT2D eigenvalue weighted by molar-refractivity contribution is 0.401. The molecule has 0 radical (unpaired) electrons. The first-order valence-electron chi connectivity index (χ1n) is 6.64. The van der Waals surface area contributed by atoms with E-state index in [4.69, 9.17) is 0 Å². The molecule has 1 aromatic rings. The molecule has 0 aromatic carbocycles. The lowest BCUT2D eigenvalue weighted by Crippen LogP contribution is -2.54. The average molecular weight is 279 g/mol. The Bertz CT molecular complexity index is 615. The van der Waals surface area contributed by atoms with Crippen LogP contribution in [-0.2, 0) is 19.6 Å². The molecule has 0 fully saturated rings. The summed E-state index contributed by atoms with van der Waals surface area (Å²) < 4.78 is 3.14. The Labute approximate surface area is 117 Å². The van der Waals surface area contributed by atoms with Gasteiger partial charge >= 0.3 is 17.1 Å². The zero-order valence-corrected chi connectivity index (χ0v) is 12.0. The Morgan fingerprint density at radius 3 is 1.70 bits per heavy atom. The Balaban J connectivity index is 3.61. The van der Waals surface area contributed by atoms with Crippen LogP contribution in [0, 0.1) is 5.92 Å². The fourth-order valence-electron chi connectivity index (χ4n) is 1.85. The zero-order chi connectivity index (χ0) is 15.3. The highest BCUT2D eigenvalue weighted by molar-refractivity contribution is 4.84. The van der Waals surface area contributed by atoms with Crippen molar-refractivity contribution in [3.8, 4) is 0 Å². The van der Waals surface area contributed by atoms with E-state index >= 15 is 0 Å². The van der Waals surface area contributed by atoms with E-state index < -0.39 is 17.1 Å². The van der Waals surface area contributed by atoms with E-state index in [0.29, 0.717) is 6.54 Å². The summed E-state index contributed by atoms with van der Waals surface area (Å²) in [6, 6.07) is 0. The van der Waals surface area contributed by atoms with Crippen LogP contribution in [0.4, 0.5) is 0 Å². The lowest BCUT2D eigenvalue weighted by atomic mass is 10.1. The second-order valence-corrected chi connectivity index (χ2v) is 4.77. The Hall–Kier alpha value is -2.11. The van der Waals surface area contributed by atoms with Gasteiger partial charge in [-0.25, -0.2) is 28.1 Å². The molecule has 1 aromatic heterocycles. The van der Waals surface area contributed by atoms with Gasteiger partial charge in [-0.05, 0) is 5.92 Å². The molecule has 0 aliphatic rings. The standard InChI is InChI=1S/C14H21N3O3/c1-5-8-15-12(18)16(9-6-2)14(20)17(13(15)19)10-11(4)7-3/h5-6,11H,1-2,7-10H2,3-4H3. The normalized spacial score (nSPS) is 12.1. The molecule has 0 spiro atoms. The Kier molecular flexibility index (Phi) is 5.49. The van der Waals surface area contributed by atoms with Crippen molar-refractivity contribution >= 4 is 0 Å². The van der Waals surface area contributed by atoms with Gasteiger partial charge in [-0.15, -0.1) is 13.2 Å². The molecule has 0 aliphatic heterocycles. The highest BCUT2D eigenvalue weighted by Gasteiger charge is 2.15. The van der Waals surface area contributed by atoms with E-state index in [0.717, 1.165) is 20.1 Å². The third kappa shape index (κ3) is 3.07. The summed E-state index contributed by atoms with van der Waals surface area (Å²) in [5.41, 5.74) is -1.79. The molecule has 6 heteroatoms. The molecular formula is C14H21N3O3. The van der Waals surface area contributed by atoms with Gasteiger partial charge in [0.1, 0.15) is 0 Å². The highest BCUT2D eigenvalue weighted by Crippen LogP contribution is 2.00.